The average molecular weight is 395 g/mol. The van der Waals surface area contributed by atoms with Gasteiger partial charge in [-0.15, -0.1) is 11.3 Å². The van der Waals surface area contributed by atoms with E-state index in [4.69, 9.17) is 4.74 Å². The molecule has 146 valence electrons. The van der Waals surface area contributed by atoms with Crippen molar-refractivity contribution in [1.82, 2.24) is 4.98 Å². The van der Waals surface area contributed by atoms with Crippen LogP contribution in [0.25, 0.3) is 0 Å². The summed E-state index contributed by atoms with van der Waals surface area (Å²) in [6, 6.07) is 17.9. The quantitative estimate of drug-likeness (QED) is 0.548. The van der Waals surface area contributed by atoms with Crippen LogP contribution >= 0.6 is 11.3 Å². The van der Waals surface area contributed by atoms with E-state index >= 15 is 0 Å². The molecule has 3 rings (SSSR count). The van der Waals surface area contributed by atoms with Crippen LogP contribution in [0, 0.1) is 5.92 Å². The minimum absolute atomic E-state index is 0.00117. The number of nitrogens with zero attached hydrogens (tertiary/aromatic N) is 1. The molecule has 1 N–H and O–H groups in total. The minimum atomic E-state index is -0.187. The smallest absolute Gasteiger partial charge is 0.233 e. The maximum absolute atomic E-state index is 13.0. The molecule has 0 aliphatic carbocycles. The Morgan fingerprint density at radius 2 is 1.86 bits per heavy atom. The highest BCUT2D eigenvalue weighted by Crippen LogP contribution is 2.30. The number of methoxy groups -OCH3 is 1. The zero-order valence-corrected chi connectivity index (χ0v) is 17.3. The van der Waals surface area contributed by atoms with Gasteiger partial charge in [-0.25, -0.2) is 4.98 Å². The lowest BCUT2D eigenvalue weighted by molar-refractivity contribution is -0.118. The maximum atomic E-state index is 13.0. The first-order chi connectivity index (χ1) is 13.6. The van der Waals surface area contributed by atoms with Gasteiger partial charge in [-0.3, -0.25) is 4.79 Å². The number of amides is 1. The van der Waals surface area contributed by atoms with Crippen LogP contribution in [-0.2, 0) is 11.2 Å². The van der Waals surface area contributed by atoms with Gasteiger partial charge in [0.15, 0.2) is 5.13 Å². The maximum Gasteiger partial charge on any atom is 0.233 e. The SMILES string of the molecule is CCC(C)C(C(=O)Nc1ncc(Cc2ccccc2OC)s1)c1ccccc1. The number of carbonyl (C=O) groups excluding carboxylic acids is 1. The van der Waals surface area contributed by atoms with Gasteiger partial charge in [0.05, 0.1) is 13.0 Å². The van der Waals surface area contributed by atoms with Gasteiger partial charge in [0.25, 0.3) is 0 Å². The Hall–Kier alpha value is -2.66. The summed E-state index contributed by atoms with van der Waals surface area (Å²) in [5.41, 5.74) is 2.15. The molecule has 1 amide bonds. The van der Waals surface area contributed by atoms with Gasteiger partial charge in [0, 0.05) is 17.5 Å². The lowest BCUT2D eigenvalue weighted by atomic mass is 9.85. The number of nitrogens with one attached hydrogen (secondary N) is 1. The van der Waals surface area contributed by atoms with E-state index in [2.05, 4.69) is 24.1 Å². The second kappa shape index (κ2) is 9.51. The largest absolute Gasteiger partial charge is 0.496 e. The second-order valence-corrected chi connectivity index (χ2v) is 8.00. The first-order valence-electron chi connectivity index (χ1n) is 9.54. The third kappa shape index (κ3) is 4.78. The molecule has 0 radical (unpaired) electrons. The van der Waals surface area contributed by atoms with Crippen molar-refractivity contribution in [2.75, 3.05) is 12.4 Å². The van der Waals surface area contributed by atoms with Gasteiger partial charge in [0.2, 0.25) is 5.91 Å². The number of carbonyl (C=O) groups is 1. The van der Waals surface area contributed by atoms with E-state index in [0.29, 0.717) is 5.13 Å². The van der Waals surface area contributed by atoms with Gasteiger partial charge >= 0.3 is 0 Å². The first-order valence-corrected chi connectivity index (χ1v) is 10.4. The fourth-order valence-electron chi connectivity index (χ4n) is 3.30. The molecule has 2 atom stereocenters. The van der Waals surface area contributed by atoms with Crippen LogP contribution in [0.4, 0.5) is 5.13 Å². The Balaban J connectivity index is 1.73. The number of ether oxygens (including phenoxy) is 1. The molecular formula is C23H26N2O2S. The van der Waals surface area contributed by atoms with E-state index in [-0.39, 0.29) is 17.7 Å². The van der Waals surface area contributed by atoms with Gasteiger partial charge < -0.3 is 10.1 Å². The summed E-state index contributed by atoms with van der Waals surface area (Å²) in [6.45, 7) is 4.23. The molecule has 4 nitrogen and oxygen atoms in total. The monoisotopic (exact) mass is 394 g/mol. The number of thiazole rings is 1. The van der Waals surface area contributed by atoms with Gasteiger partial charge in [-0.05, 0) is 23.1 Å². The van der Waals surface area contributed by atoms with E-state index < -0.39 is 0 Å². The molecule has 0 spiro atoms. The Kier molecular flexibility index (Phi) is 6.82. The third-order valence-electron chi connectivity index (χ3n) is 5.00. The Morgan fingerprint density at radius 1 is 1.14 bits per heavy atom. The fraction of sp³-hybridized carbons (Fsp3) is 0.304. The number of rotatable bonds is 8. The van der Waals surface area contributed by atoms with E-state index in [9.17, 15) is 4.79 Å². The average Bonchev–Trinajstić information content (AvgIpc) is 3.16. The molecule has 1 heterocycles. The molecule has 1 aromatic heterocycles. The van der Waals surface area contributed by atoms with Crippen molar-refractivity contribution in [3.63, 3.8) is 0 Å². The summed E-state index contributed by atoms with van der Waals surface area (Å²) in [5.74, 6) is 0.921. The predicted octanol–water partition coefficient (Wildman–Crippen LogP) is 5.51. The van der Waals surface area contributed by atoms with Crippen LogP contribution in [0.2, 0.25) is 0 Å². The van der Waals surface area contributed by atoms with Crippen LogP contribution in [0.15, 0.2) is 60.8 Å². The number of para-hydroxylation sites is 1. The fourth-order valence-corrected chi connectivity index (χ4v) is 4.14. The Bertz CT molecular complexity index is 908. The Labute approximate surface area is 170 Å². The van der Waals surface area contributed by atoms with Crippen molar-refractivity contribution >= 4 is 22.4 Å². The molecule has 2 aromatic carbocycles. The van der Waals surface area contributed by atoms with E-state index in [1.807, 2.05) is 60.8 Å². The summed E-state index contributed by atoms with van der Waals surface area (Å²) in [6.07, 6.45) is 3.49. The van der Waals surface area contributed by atoms with E-state index in [1.54, 1.807) is 7.11 Å². The minimum Gasteiger partial charge on any atom is -0.496 e. The van der Waals surface area contributed by atoms with Crippen molar-refractivity contribution in [3.05, 3.63) is 76.8 Å². The molecule has 28 heavy (non-hydrogen) atoms. The van der Waals surface area contributed by atoms with E-state index in [0.717, 1.165) is 34.6 Å². The van der Waals surface area contributed by atoms with Crippen LogP contribution in [0.3, 0.4) is 0 Å². The third-order valence-corrected chi connectivity index (χ3v) is 5.91. The number of hydrogen-bond acceptors (Lipinski definition) is 4. The molecule has 0 bridgehead atoms. The van der Waals surface area contributed by atoms with Crippen LogP contribution in [0.1, 0.15) is 42.2 Å². The highest BCUT2D eigenvalue weighted by Gasteiger charge is 2.26. The van der Waals surface area contributed by atoms with Crippen molar-refractivity contribution in [2.45, 2.75) is 32.6 Å². The van der Waals surface area contributed by atoms with Crippen LogP contribution in [0.5, 0.6) is 5.75 Å². The molecule has 0 aliphatic rings. The molecule has 0 aliphatic heterocycles. The van der Waals surface area contributed by atoms with Crippen molar-refractivity contribution in [3.8, 4) is 5.75 Å². The molecule has 0 saturated carbocycles. The standard InChI is InChI=1S/C23H26N2O2S/c1-4-16(2)21(17-10-6-5-7-11-17)22(26)25-23-24-15-19(28-23)14-18-12-8-9-13-20(18)27-3/h5-13,15-16,21H,4,14H2,1-3H3,(H,24,25,26). The van der Waals surface area contributed by atoms with Gasteiger partial charge in [0.1, 0.15) is 5.75 Å². The molecule has 2 unspecified atom stereocenters. The highest BCUT2D eigenvalue weighted by molar-refractivity contribution is 7.15. The number of anilines is 1. The lowest BCUT2D eigenvalue weighted by Crippen LogP contribution is -2.26. The van der Waals surface area contributed by atoms with Crippen molar-refractivity contribution < 1.29 is 9.53 Å². The molecular weight excluding hydrogens is 368 g/mol. The topological polar surface area (TPSA) is 51.2 Å². The van der Waals surface area contributed by atoms with Gasteiger partial charge in [-0.2, -0.15) is 0 Å². The molecule has 0 fully saturated rings. The second-order valence-electron chi connectivity index (χ2n) is 6.88. The summed E-state index contributed by atoms with van der Waals surface area (Å²) in [7, 11) is 1.68. The predicted molar refractivity (Wildman–Crippen MR) is 115 cm³/mol. The van der Waals surface area contributed by atoms with Crippen molar-refractivity contribution in [1.29, 1.82) is 0 Å². The molecule has 3 aromatic rings. The summed E-state index contributed by atoms with van der Waals surface area (Å²) in [5, 5.41) is 3.67. The van der Waals surface area contributed by atoms with E-state index in [1.165, 1.54) is 11.3 Å². The van der Waals surface area contributed by atoms with Crippen LogP contribution < -0.4 is 10.1 Å². The summed E-state index contributed by atoms with van der Waals surface area (Å²) in [4.78, 5) is 18.5. The zero-order chi connectivity index (χ0) is 19.9. The summed E-state index contributed by atoms with van der Waals surface area (Å²) < 4.78 is 5.42. The molecule has 0 saturated heterocycles. The number of aromatic nitrogens is 1. The van der Waals surface area contributed by atoms with Crippen LogP contribution in [-0.4, -0.2) is 18.0 Å². The van der Waals surface area contributed by atoms with Crippen molar-refractivity contribution in [2.24, 2.45) is 5.92 Å². The zero-order valence-electron chi connectivity index (χ0n) is 16.5. The molecule has 5 heteroatoms. The van der Waals surface area contributed by atoms with Gasteiger partial charge in [-0.1, -0.05) is 68.8 Å². The number of hydrogen-bond donors (Lipinski definition) is 1. The highest BCUT2D eigenvalue weighted by atomic mass is 32.1. The summed E-state index contributed by atoms with van der Waals surface area (Å²) >= 11 is 1.51. The lowest BCUT2D eigenvalue weighted by Gasteiger charge is -2.22. The Morgan fingerprint density at radius 3 is 2.57 bits per heavy atom. The normalized spacial score (nSPS) is 13.0. The first kappa shape index (κ1) is 20.1. The number of benzene rings is 2.